The number of halogens is 3. The smallest absolute Gasteiger partial charge is 0.243 e. The lowest BCUT2D eigenvalue weighted by Crippen LogP contribution is -2.54. The molecule has 3 rings (SSSR count). The van der Waals surface area contributed by atoms with Crippen LogP contribution in [0.5, 0.6) is 5.75 Å². The van der Waals surface area contributed by atoms with E-state index in [1.165, 1.54) is 22.4 Å². The summed E-state index contributed by atoms with van der Waals surface area (Å²) in [5, 5.41) is 4.09. The molecule has 0 unspecified atom stereocenters. The zero-order chi connectivity index (χ0) is 32.7. The Balaban J connectivity index is 1.94. The van der Waals surface area contributed by atoms with Gasteiger partial charge in [0.25, 0.3) is 0 Å². The van der Waals surface area contributed by atoms with Crippen LogP contribution >= 0.6 is 34.8 Å². The van der Waals surface area contributed by atoms with Crippen LogP contribution in [0.25, 0.3) is 0 Å². The number of amides is 2. The summed E-state index contributed by atoms with van der Waals surface area (Å²) in [5.74, 6) is -0.235. The number of hydrogen-bond donors (Lipinski definition) is 1. The summed E-state index contributed by atoms with van der Waals surface area (Å²) in [6.07, 6.45) is 1.50. The maximum absolute atomic E-state index is 14.0. The first-order chi connectivity index (χ1) is 20.6. The fourth-order valence-electron chi connectivity index (χ4n) is 4.65. The number of ether oxygens (including phenoxy) is 1. The van der Waals surface area contributed by atoms with E-state index in [2.05, 4.69) is 5.32 Å². The van der Waals surface area contributed by atoms with Crippen molar-refractivity contribution in [3.63, 3.8) is 0 Å². The van der Waals surface area contributed by atoms with Crippen molar-refractivity contribution in [2.45, 2.75) is 58.2 Å². The zero-order valence-electron chi connectivity index (χ0n) is 25.4. The van der Waals surface area contributed by atoms with E-state index in [0.29, 0.717) is 27.0 Å². The van der Waals surface area contributed by atoms with Gasteiger partial charge < -0.3 is 15.0 Å². The van der Waals surface area contributed by atoms with Gasteiger partial charge in [-0.25, -0.2) is 8.42 Å². The summed E-state index contributed by atoms with van der Waals surface area (Å²) < 4.78 is 31.8. The maximum Gasteiger partial charge on any atom is 0.243 e. The fraction of sp³-hybridized carbons (Fsp3) is 0.375. The van der Waals surface area contributed by atoms with Gasteiger partial charge in [-0.15, -0.1) is 0 Å². The highest BCUT2D eigenvalue weighted by molar-refractivity contribution is 7.92. The summed E-state index contributed by atoms with van der Waals surface area (Å²) in [7, 11) is -2.24. The number of nitrogens with zero attached hydrogens (tertiary/aromatic N) is 2. The minimum Gasteiger partial charge on any atom is -0.495 e. The van der Waals surface area contributed by atoms with E-state index in [1.54, 1.807) is 30.3 Å². The van der Waals surface area contributed by atoms with E-state index in [1.807, 2.05) is 51.1 Å². The van der Waals surface area contributed by atoms with Crippen molar-refractivity contribution in [2.75, 3.05) is 24.2 Å². The van der Waals surface area contributed by atoms with Crippen LogP contribution in [-0.2, 0) is 32.6 Å². The highest BCUT2D eigenvalue weighted by atomic mass is 35.5. The molecule has 44 heavy (non-hydrogen) atoms. The molecule has 0 fully saturated rings. The number of nitrogens with one attached hydrogen (secondary N) is 1. The number of methoxy groups -OCH3 is 1. The highest BCUT2D eigenvalue weighted by Crippen LogP contribution is 2.31. The molecule has 238 valence electrons. The molecule has 0 aliphatic heterocycles. The number of benzene rings is 3. The third kappa shape index (κ3) is 10.3. The lowest BCUT2D eigenvalue weighted by atomic mass is 10.00. The Bertz CT molecular complexity index is 1560. The molecular formula is C32H38Cl3N3O5S. The van der Waals surface area contributed by atoms with Gasteiger partial charge in [-0.3, -0.25) is 13.9 Å². The number of carbonyl (C=O) groups excluding carboxylic acids is 2. The fourth-order valence-corrected chi connectivity index (χ4v) is 6.33. The van der Waals surface area contributed by atoms with E-state index in [-0.39, 0.29) is 49.2 Å². The molecular weight excluding hydrogens is 645 g/mol. The number of rotatable bonds is 13. The van der Waals surface area contributed by atoms with Gasteiger partial charge in [0.2, 0.25) is 21.8 Å². The molecule has 0 saturated carbocycles. The normalized spacial score (nSPS) is 12.4. The van der Waals surface area contributed by atoms with E-state index in [9.17, 15) is 18.0 Å². The highest BCUT2D eigenvalue weighted by Gasteiger charge is 2.32. The summed E-state index contributed by atoms with van der Waals surface area (Å²) in [5.41, 5.74) is 1.30. The Labute approximate surface area is 275 Å². The number of hydrogen-bond acceptors (Lipinski definition) is 5. The zero-order valence-corrected chi connectivity index (χ0v) is 28.5. The molecule has 0 spiro atoms. The number of sulfonamides is 1. The molecule has 0 aliphatic rings. The van der Waals surface area contributed by atoms with Crippen LogP contribution in [0, 0.1) is 0 Å². The summed E-state index contributed by atoms with van der Waals surface area (Å²) in [6, 6.07) is 18.2. The second-order valence-corrected chi connectivity index (χ2v) is 14.6. The summed E-state index contributed by atoms with van der Waals surface area (Å²) in [6.45, 7) is 5.68. The Morgan fingerprint density at radius 2 is 1.64 bits per heavy atom. The first-order valence-electron chi connectivity index (χ1n) is 14.0. The number of anilines is 1. The quantitative estimate of drug-likeness (QED) is 0.215. The van der Waals surface area contributed by atoms with Gasteiger partial charge >= 0.3 is 0 Å². The lowest BCUT2D eigenvalue weighted by molar-refractivity contribution is -0.142. The predicted octanol–water partition coefficient (Wildman–Crippen LogP) is 6.76. The standard InChI is InChI=1S/C32H38Cl3N3O5S/c1-32(2,3)36-31(40)28(18-22-10-7-6-8-11-22)37(21-23-13-14-24(33)19-26(23)34)30(39)12-9-17-38(44(5,41)42)25-15-16-29(43-4)27(35)20-25/h6-8,10-11,13-16,19-20,28H,9,12,17-18,21H2,1-5H3,(H,36,40)/t28-/m1/s1. The van der Waals surface area contributed by atoms with Crippen LogP contribution in [0.3, 0.4) is 0 Å². The Kier molecular flexibility index (Phi) is 12.4. The maximum atomic E-state index is 14.0. The second kappa shape index (κ2) is 15.3. The van der Waals surface area contributed by atoms with Gasteiger partial charge in [0.1, 0.15) is 11.8 Å². The van der Waals surface area contributed by atoms with Crippen molar-refractivity contribution >= 4 is 62.3 Å². The molecule has 0 saturated heterocycles. The number of carbonyl (C=O) groups is 2. The van der Waals surface area contributed by atoms with Gasteiger partial charge in [0.05, 0.1) is 24.1 Å². The van der Waals surface area contributed by atoms with Crippen molar-refractivity contribution < 1.29 is 22.7 Å². The van der Waals surface area contributed by atoms with Gasteiger partial charge in [-0.1, -0.05) is 71.2 Å². The molecule has 0 radical (unpaired) electrons. The molecule has 8 nitrogen and oxygen atoms in total. The molecule has 1 atom stereocenters. The van der Waals surface area contributed by atoms with Crippen molar-refractivity contribution in [1.29, 1.82) is 0 Å². The molecule has 0 aromatic heterocycles. The van der Waals surface area contributed by atoms with Gasteiger partial charge in [-0.2, -0.15) is 0 Å². The largest absolute Gasteiger partial charge is 0.495 e. The SMILES string of the molecule is COc1ccc(N(CCCC(=O)N(Cc2ccc(Cl)cc2Cl)[C@H](Cc2ccccc2)C(=O)NC(C)(C)C)S(C)(=O)=O)cc1Cl. The molecule has 0 heterocycles. The van der Waals surface area contributed by atoms with Crippen LogP contribution in [0.4, 0.5) is 5.69 Å². The molecule has 12 heteroatoms. The topological polar surface area (TPSA) is 96.0 Å². The van der Waals surface area contributed by atoms with Gasteiger partial charge in [-0.05, 0) is 68.7 Å². The molecule has 3 aromatic carbocycles. The first-order valence-corrected chi connectivity index (χ1v) is 17.0. The van der Waals surface area contributed by atoms with Gasteiger partial charge in [0.15, 0.2) is 0 Å². The molecule has 1 N–H and O–H groups in total. The van der Waals surface area contributed by atoms with Crippen molar-refractivity contribution in [3.05, 3.63) is 92.9 Å². The second-order valence-electron chi connectivity index (χ2n) is 11.5. The Morgan fingerprint density at radius 1 is 0.955 bits per heavy atom. The Morgan fingerprint density at radius 3 is 2.20 bits per heavy atom. The molecule has 0 aliphatic carbocycles. The minimum absolute atomic E-state index is 0.0142. The van der Waals surface area contributed by atoms with Crippen LogP contribution in [0.2, 0.25) is 15.1 Å². The van der Waals surface area contributed by atoms with Crippen LogP contribution in [-0.4, -0.2) is 56.6 Å². The summed E-state index contributed by atoms with van der Waals surface area (Å²) in [4.78, 5) is 29.3. The van der Waals surface area contributed by atoms with Crippen LogP contribution < -0.4 is 14.4 Å². The minimum atomic E-state index is -3.71. The molecule has 2 amide bonds. The van der Waals surface area contributed by atoms with Crippen LogP contribution in [0.15, 0.2) is 66.7 Å². The average Bonchev–Trinajstić information content (AvgIpc) is 2.92. The van der Waals surface area contributed by atoms with E-state index < -0.39 is 21.6 Å². The third-order valence-corrected chi connectivity index (χ3v) is 8.78. The monoisotopic (exact) mass is 681 g/mol. The first kappa shape index (κ1) is 35.5. The third-order valence-electron chi connectivity index (χ3n) is 6.70. The average molecular weight is 683 g/mol. The van der Waals surface area contributed by atoms with E-state index >= 15 is 0 Å². The van der Waals surface area contributed by atoms with Gasteiger partial charge in [0, 0.05) is 41.5 Å². The van der Waals surface area contributed by atoms with Crippen molar-refractivity contribution in [1.82, 2.24) is 10.2 Å². The lowest BCUT2D eigenvalue weighted by Gasteiger charge is -2.34. The van der Waals surface area contributed by atoms with E-state index in [4.69, 9.17) is 39.5 Å². The summed E-state index contributed by atoms with van der Waals surface area (Å²) >= 11 is 18.9. The van der Waals surface area contributed by atoms with E-state index in [0.717, 1.165) is 11.8 Å². The molecule has 3 aromatic rings. The Hall–Kier alpha value is -2.98. The van der Waals surface area contributed by atoms with Crippen molar-refractivity contribution in [3.8, 4) is 5.75 Å². The van der Waals surface area contributed by atoms with Crippen LogP contribution in [0.1, 0.15) is 44.7 Å². The molecule has 0 bridgehead atoms. The van der Waals surface area contributed by atoms with Crippen molar-refractivity contribution in [2.24, 2.45) is 0 Å². The predicted molar refractivity (Wildman–Crippen MR) is 178 cm³/mol.